The van der Waals surface area contributed by atoms with Crippen molar-refractivity contribution in [1.29, 1.82) is 0 Å². The SMILES string of the molecule is Nc1cnc(Cl)[nH]c1=S.S.[Na]. The fourth-order valence-electron chi connectivity index (χ4n) is 0.383. The third-order valence-electron chi connectivity index (χ3n) is 0.796. The molecule has 3 nitrogen and oxygen atoms in total. The molecule has 7 heteroatoms. The quantitative estimate of drug-likeness (QED) is 0.390. The molecule has 0 aliphatic rings. The molecule has 0 aliphatic heterocycles. The van der Waals surface area contributed by atoms with E-state index < -0.39 is 0 Å². The fraction of sp³-hybridized carbons (Fsp3) is 0. The van der Waals surface area contributed by atoms with Gasteiger partial charge < -0.3 is 10.7 Å². The van der Waals surface area contributed by atoms with E-state index in [0.29, 0.717) is 10.3 Å². The number of hydrogen-bond donors (Lipinski definition) is 2. The molecule has 0 aromatic carbocycles. The Morgan fingerprint density at radius 3 is 2.55 bits per heavy atom. The molecule has 11 heavy (non-hydrogen) atoms. The number of nitrogen functional groups attached to an aromatic ring is 1. The molecular weight excluding hydrogens is 213 g/mol. The second-order valence-electron chi connectivity index (χ2n) is 1.46. The van der Waals surface area contributed by atoms with Crippen LogP contribution in [0.2, 0.25) is 5.28 Å². The van der Waals surface area contributed by atoms with E-state index in [2.05, 4.69) is 9.97 Å². The Bertz CT molecular complexity index is 276. The molecule has 1 aromatic rings. The summed E-state index contributed by atoms with van der Waals surface area (Å²) in [6.45, 7) is 0. The Labute approximate surface area is 103 Å². The Balaban J connectivity index is 0. The van der Waals surface area contributed by atoms with Crippen molar-refractivity contribution in [3.8, 4) is 0 Å². The van der Waals surface area contributed by atoms with Gasteiger partial charge in [-0.2, -0.15) is 13.5 Å². The minimum atomic E-state index is 0. The molecule has 57 valence electrons. The second kappa shape index (κ2) is 6.28. The fourth-order valence-corrected chi connectivity index (χ4v) is 0.732. The number of nitrogens with two attached hydrogens (primary N) is 1. The van der Waals surface area contributed by atoms with Gasteiger partial charge in [0, 0.05) is 29.6 Å². The average molecular weight is 219 g/mol. The van der Waals surface area contributed by atoms with Crippen LogP contribution in [-0.4, -0.2) is 39.5 Å². The maximum Gasteiger partial charge on any atom is 0.201 e. The van der Waals surface area contributed by atoms with E-state index in [0.717, 1.165) is 0 Å². The van der Waals surface area contributed by atoms with Gasteiger partial charge in [0.05, 0.1) is 11.9 Å². The number of aromatic amines is 1. The summed E-state index contributed by atoms with van der Waals surface area (Å²) in [6, 6.07) is 0. The van der Waals surface area contributed by atoms with Crippen LogP contribution in [-0.2, 0) is 0 Å². The van der Waals surface area contributed by atoms with Gasteiger partial charge >= 0.3 is 0 Å². The topological polar surface area (TPSA) is 54.7 Å². The van der Waals surface area contributed by atoms with Gasteiger partial charge in [-0.15, -0.1) is 0 Å². The first-order chi connectivity index (χ1) is 4.20. The minimum absolute atomic E-state index is 0. The van der Waals surface area contributed by atoms with Crippen LogP contribution in [0, 0.1) is 4.64 Å². The van der Waals surface area contributed by atoms with E-state index in [4.69, 9.17) is 29.6 Å². The van der Waals surface area contributed by atoms with Gasteiger partial charge in [0.15, 0.2) is 0 Å². The molecule has 0 spiro atoms. The summed E-state index contributed by atoms with van der Waals surface area (Å²) < 4.78 is 0.426. The van der Waals surface area contributed by atoms with Gasteiger partial charge in [-0.25, -0.2) is 4.98 Å². The van der Waals surface area contributed by atoms with Crippen LogP contribution in [0.1, 0.15) is 0 Å². The van der Waals surface area contributed by atoms with E-state index in [-0.39, 0.29) is 48.3 Å². The van der Waals surface area contributed by atoms with Crippen molar-refractivity contribution in [3.05, 3.63) is 16.1 Å². The Morgan fingerprint density at radius 1 is 1.64 bits per heavy atom. The normalized spacial score (nSPS) is 7.73. The van der Waals surface area contributed by atoms with Crippen molar-refractivity contribution in [1.82, 2.24) is 9.97 Å². The van der Waals surface area contributed by atoms with Gasteiger partial charge in [-0.05, 0) is 11.6 Å². The Kier molecular flexibility index (Phi) is 8.15. The molecular formula is C4H6ClN3NaS2. The molecule has 1 rings (SSSR count). The summed E-state index contributed by atoms with van der Waals surface area (Å²) in [5.41, 5.74) is 5.77. The number of rotatable bonds is 0. The smallest absolute Gasteiger partial charge is 0.201 e. The summed E-state index contributed by atoms with van der Waals surface area (Å²) in [5, 5.41) is 0.259. The predicted octanol–water partition coefficient (Wildman–Crippen LogP) is 1.11. The number of aromatic nitrogens is 2. The van der Waals surface area contributed by atoms with Gasteiger partial charge in [-0.3, -0.25) is 0 Å². The molecule has 0 aliphatic carbocycles. The third kappa shape index (κ3) is 4.35. The molecule has 0 fully saturated rings. The average Bonchev–Trinajstić information content (AvgIpc) is 1.80. The predicted molar refractivity (Wildman–Crippen MR) is 55.0 cm³/mol. The number of anilines is 1. The Hall–Kier alpha value is 0.740. The molecule has 0 unspecified atom stereocenters. The van der Waals surface area contributed by atoms with Crippen molar-refractivity contribution in [2.75, 3.05) is 5.73 Å². The summed E-state index contributed by atoms with van der Waals surface area (Å²) in [7, 11) is 0. The van der Waals surface area contributed by atoms with Gasteiger partial charge in [0.1, 0.15) is 4.64 Å². The molecule has 1 aromatic heterocycles. The van der Waals surface area contributed by atoms with Crippen molar-refractivity contribution < 1.29 is 0 Å². The van der Waals surface area contributed by atoms with Crippen LogP contribution in [0.3, 0.4) is 0 Å². The maximum absolute atomic E-state index is 5.43. The summed E-state index contributed by atoms with van der Waals surface area (Å²) in [5.74, 6) is 0. The molecule has 3 N–H and O–H groups in total. The Morgan fingerprint density at radius 2 is 2.18 bits per heavy atom. The van der Waals surface area contributed by atoms with Crippen LogP contribution in [0.4, 0.5) is 5.69 Å². The number of nitrogens with one attached hydrogen (secondary N) is 1. The van der Waals surface area contributed by atoms with Crippen molar-refractivity contribution in [3.63, 3.8) is 0 Å². The molecule has 0 saturated heterocycles. The largest absolute Gasteiger partial charge is 0.395 e. The molecule has 0 saturated carbocycles. The van der Waals surface area contributed by atoms with E-state index in [1.165, 1.54) is 6.20 Å². The molecule has 0 amide bonds. The van der Waals surface area contributed by atoms with Crippen LogP contribution in [0.15, 0.2) is 6.20 Å². The number of hydrogen-bond acceptors (Lipinski definition) is 3. The zero-order chi connectivity index (χ0) is 6.85. The molecule has 0 atom stereocenters. The van der Waals surface area contributed by atoms with Crippen LogP contribution in [0.5, 0.6) is 0 Å². The van der Waals surface area contributed by atoms with Crippen molar-refractivity contribution >= 4 is 72.6 Å². The van der Waals surface area contributed by atoms with E-state index in [9.17, 15) is 0 Å². The number of H-pyrrole nitrogens is 1. The van der Waals surface area contributed by atoms with Gasteiger partial charge in [0.25, 0.3) is 0 Å². The summed E-state index contributed by atoms with van der Waals surface area (Å²) in [4.78, 5) is 6.24. The first-order valence-electron chi connectivity index (χ1n) is 2.20. The molecule has 0 bridgehead atoms. The molecule has 1 heterocycles. The van der Waals surface area contributed by atoms with Crippen LogP contribution in [0.25, 0.3) is 0 Å². The monoisotopic (exact) mass is 218 g/mol. The minimum Gasteiger partial charge on any atom is -0.395 e. The summed E-state index contributed by atoms with van der Waals surface area (Å²) >= 11 is 10.2. The zero-order valence-electron chi connectivity index (χ0n) is 5.89. The van der Waals surface area contributed by atoms with Crippen molar-refractivity contribution in [2.24, 2.45) is 0 Å². The molecule has 1 radical (unpaired) electrons. The van der Waals surface area contributed by atoms with Gasteiger partial charge in [0.2, 0.25) is 5.28 Å². The first kappa shape index (κ1) is 14.3. The summed E-state index contributed by atoms with van der Waals surface area (Å²) in [6.07, 6.45) is 1.42. The second-order valence-corrected chi connectivity index (χ2v) is 2.22. The van der Waals surface area contributed by atoms with Gasteiger partial charge in [-0.1, -0.05) is 12.2 Å². The van der Waals surface area contributed by atoms with Crippen LogP contribution < -0.4 is 5.73 Å². The van der Waals surface area contributed by atoms with Crippen molar-refractivity contribution in [2.45, 2.75) is 0 Å². The third-order valence-corrected chi connectivity index (χ3v) is 1.33. The standard InChI is InChI=1S/C4H4ClN3S.Na.H2S/c5-4-7-1-2(6)3(9)8-4;;/h1H,6H2,(H,7,8,9);;1H2. The van der Waals surface area contributed by atoms with Crippen LogP contribution >= 0.6 is 37.3 Å². The van der Waals surface area contributed by atoms with E-state index in [1.54, 1.807) is 0 Å². The maximum atomic E-state index is 5.43. The zero-order valence-corrected chi connectivity index (χ0v) is 10.5. The van der Waals surface area contributed by atoms with E-state index in [1.807, 2.05) is 0 Å². The number of nitrogens with zero attached hydrogens (tertiary/aromatic N) is 1. The van der Waals surface area contributed by atoms with E-state index >= 15 is 0 Å². The first-order valence-corrected chi connectivity index (χ1v) is 2.99. The number of halogens is 1.